The molecule has 0 aromatic rings. The second-order valence-corrected chi connectivity index (χ2v) is 12.7. The minimum Gasteiger partial charge on any atom is -0.356 e. The predicted molar refractivity (Wildman–Crippen MR) is 176 cm³/mol. The lowest BCUT2D eigenvalue weighted by molar-refractivity contribution is -0.121. The lowest BCUT2D eigenvalue weighted by Gasteiger charge is -2.14. The van der Waals surface area contributed by atoms with Gasteiger partial charge in [-0.3, -0.25) is 9.59 Å². The van der Waals surface area contributed by atoms with E-state index in [1.54, 1.807) is 0 Å². The summed E-state index contributed by atoms with van der Waals surface area (Å²) in [7, 11) is 0. The highest BCUT2D eigenvalue weighted by Gasteiger charge is 2.08. The maximum absolute atomic E-state index is 12.1. The van der Waals surface area contributed by atoms with Crippen LogP contribution in [0.4, 0.5) is 0 Å². The van der Waals surface area contributed by atoms with Gasteiger partial charge in [-0.1, -0.05) is 175 Å². The largest absolute Gasteiger partial charge is 0.356 e. The van der Waals surface area contributed by atoms with Crippen LogP contribution in [0.2, 0.25) is 0 Å². The van der Waals surface area contributed by atoms with Crippen molar-refractivity contribution in [2.45, 2.75) is 201 Å². The zero-order valence-electron chi connectivity index (χ0n) is 27.6. The highest BCUT2D eigenvalue weighted by molar-refractivity contribution is 5.76. The van der Waals surface area contributed by atoms with E-state index >= 15 is 0 Å². The summed E-state index contributed by atoms with van der Waals surface area (Å²) in [5, 5.41) is 6.11. The van der Waals surface area contributed by atoms with Crippen molar-refractivity contribution >= 4 is 11.8 Å². The molecule has 0 unspecified atom stereocenters. The number of hydrogen-bond acceptors (Lipinski definition) is 2. The molecule has 0 aliphatic carbocycles. The molecule has 0 saturated carbocycles. The molecule has 0 bridgehead atoms. The molecule has 0 atom stereocenters. The first-order valence-corrected chi connectivity index (χ1v) is 18.1. The SMILES string of the molecule is CCCCCCCCCCCCCCCC(=O)NCC(C)CNC(=O)CCCCCCCCCCCCCCC. The maximum atomic E-state index is 12.1. The summed E-state index contributed by atoms with van der Waals surface area (Å²) in [4.78, 5) is 24.3. The van der Waals surface area contributed by atoms with Gasteiger partial charge in [-0.25, -0.2) is 0 Å². The third kappa shape index (κ3) is 31.5. The molecule has 4 heteroatoms. The molecule has 0 heterocycles. The van der Waals surface area contributed by atoms with E-state index in [9.17, 15) is 9.59 Å². The van der Waals surface area contributed by atoms with Crippen molar-refractivity contribution in [1.29, 1.82) is 0 Å². The second-order valence-electron chi connectivity index (χ2n) is 12.7. The van der Waals surface area contributed by atoms with Crippen molar-refractivity contribution in [2.24, 2.45) is 5.92 Å². The zero-order chi connectivity index (χ0) is 29.4. The van der Waals surface area contributed by atoms with Gasteiger partial charge < -0.3 is 10.6 Å². The van der Waals surface area contributed by atoms with Crippen molar-refractivity contribution in [1.82, 2.24) is 10.6 Å². The Balaban J connectivity index is 3.39. The average molecular weight is 565 g/mol. The van der Waals surface area contributed by atoms with E-state index < -0.39 is 0 Å². The number of hydrogen-bond donors (Lipinski definition) is 2. The van der Waals surface area contributed by atoms with Crippen LogP contribution in [0.15, 0.2) is 0 Å². The first-order valence-electron chi connectivity index (χ1n) is 18.1. The van der Waals surface area contributed by atoms with E-state index in [1.165, 1.54) is 141 Å². The second kappa shape index (κ2) is 32.5. The normalized spacial score (nSPS) is 11.3. The quantitative estimate of drug-likeness (QED) is 0.0798. The number of rotatable bonds is 32. The van der Waals surface area contributed by atoms with Gasteiger partial charge in [-0.15, -0.1) is 0 Å². The Hall–Kier alpha value is -1.06. The van der Waals surface area contributed by atoms with Gasteiger partial charge in [0.05, 0.1) is 0 Å². The fourth-order valence-corrected chi connectivity index (χ4v) is 5.43. The van der Waals surface area contributed by atoms with Gasteiger partial charge >= 0.3 is 0 Å². The van der Waals surface area contributed by atoms with Crippen LogP contribution in [0.5, 0.6) is 0 Å². The van der Waals surface area contributed by atoms with E-state index in [0.29, 0.717) is 25.9 Å². The van der Waals surface area contributed by atoms with Crippen LogP contribution >= 0.6 is 0 Å². The van der Waals surface area contributed by atoms with E-state index in [0.717, 1.165) is 25.7 Å². The summed E-state index contributed by atoms with van der Waals surface area (Å²) in [5.74, 6) is 0.590. The van der Waals surface area contributed by atoms with Crippen molar-refractivity contribution in [3.05, 3.63) is 0 Å². The summed E-state index contributed by atoms with van der Waals surface area (Å²) in [6, 6.07) is 0. The van der Waals surface area contributed by atoms with Crippen LogP contribution in [0.25, 0.3) is 0 Å². The van der Waals surface area contributed by atoms with E-state index in [1.807, 2.05) is 0 Å². The number of nitrogens with one attached hydrogen (secondary N) is 2. The fraction of sp³-hybridized carbons (Fsp3) is 0.944. The summed E-state index contributed by atoms with van der Waals surface area (Å²) in [6.45, 7) is 7.94. The Labute approximate surface area is 251 Å². The van der Waals surface area contributed by atoms with Crippen LogP contribution < -0.4 is 10.6 Å². The third-order valence-electron chi connectivity index (χ3n) is 8.31. The lowest BCUT2D eigenvalue weighted by atomic mass is 10.0. The molecular weight excluding hydrogens is 492 g/mol. The lowest BCUT2D eigenvalue weighted by Crippen LogP contribution is -2.35. The summed E-state index contributed by atoms with van der Waals surface area (Å²) < 4.78 is 0. The van der Waals surface area contributed by atoms with Crippen LogP contribution in [0, 0.1) is 5.92 Å². The first kappa shape index (κ1) is 38.9. The Bertz CT molecular complexity index is 491. The smallest absolute Gasteiger partial charge is 0.220 e. The number of carbonyl (C=O) groups excluding carboxylic acids is 2. The summed E-state index contributed by atoms with van der Waals surface area (Å²) in [5.41, 5.74) is 0. The Morgan fingerprint density at radius 3 is 0.875 bits per heavy atom. The number of unbranched alkanes of at least 4 members (excludes halogenated alkanes) is 24. The van der Waals surface area contributed by atoms with Crippen molar-refractivity contribution in [3.8, 4) is 0 Å². The van der Waals surface area contributed by atoms with Gasteiger partial charge in [-0.2, -0.15) is 0 Å². The molecule has 0 radical (unpaired) electrons. The van der Waals surface area contributed by atoms with Gasteiger partial charge in [0.1, 0.15) is 0 Å². The van der Waals surface area contributed by atoms with Crippen molar-refractivity contribution in [2.75, 3.05) is 13.1 Å². The number of amides is 2. The van der Waals surface area contributed by atoms with Crippen molar-refractivity contribution < 1.29 is 9.59 Å². The molecule has 0 aromatic heterocycles. The van der Waals surface area contributed by atoms with E-state index in [4.69, 9.17) is 0 Å². The van der Waals surface area contributed by atoms with Crippen LogP contribution in [-0.4, -0.2) is 24.9 Å². The maximum Gasteiger partial charge on any atom is 0.220 e. The van der Waals surface area contributed by atoms with Gasteiger partial charge in [0.2, 0.25) is 11.8 Å². The Morgan fingerprint density at radius 1 is 0.400 bits per heavy atom. The highest BCUT2D eigenvalue weighted by atomic mass is 16.2. The molecule has 0 spiro atoms. The van der Waals surface area contributed by atoms with Gasteiger partial charge in [-0.05, 0) is 18.8 Å². The molecule has 2 amide bonds. The predicted octanol–water partition coefficient (Wildman–Crippen LogP) is 10.8. The molecule has 2 N–H and O–H groups in total. The third-order valence-corrected chi connectivity index (χ3v) is 8.31. The van der Waals surface area contributed by atoms with Gasteiger partial charge in [0.25, 0.3) is 0 Å². The molecule has 4 nitrogen and oxygen atoms in total. The van der Waals surface area contributed by atoms with Crippen LogP contribution in [0.3, 0.4) is 0 Å². The topological polar surface area (TPSA) is 58.2 Å². The van der Waals surface area contributed by atoms with E-state index in [-0.39, 0.29) is 17.7 Å². The Kier molecular flexibility index (Phi) is 31.6. The van der Waals surface area contributed by atoms with Gasteiger partial charge in [0, 0.05) is 25.9 Å². The molecular formula is C36H72N2O2. The standard InChI is InChI=1S/C36H72N2O2/c1-4-6-8-10-12-14-16-18-20-22-24-26-28-30-35(39)37-32-34(3)33-38-36(40)31-29-27-25-23-21-19-17-15-13-11-9-7-5-2/h34H,4-33H2,1-3H3,(H,37,39)(H,38,40). The molecule has 0 aromatic carbocycles. The average Bonchev–Trinajstić information content (AvgIpc) is 2.95. The molecule has 0 saturated heterocycles. The molecule has 40 heavy (non-hydrogen) atoms. The monoisotopic (exact) mass is 565 g/mol. The number of carbonyl (C=O) groups is 2. The van der Waals surface area contributed by atoms with E-state index in [2.05, 4.69) is 31.4 Å². The molecule has 0 aliphatic heterocycles. The fourth-order valence-electron chi connectivity index (χ4n) is 5.43. The minimum atomic E-state index is 0.160. The van der Waals surface area contributed by atoms with Crippen LogP contribution in [0.1, 0.15) is 201 Å². The molecule has 238 valence electrons. The Morgan fingerprint density at radius 2 is 0.625 bits per heavy atom. The zero-order valence-corrected chi connectivity index (χ0v) is 27.6. The first-order chi connectivity index (χ1) is 19.6. The molecule has 0 rings (SSSR count). The summed E-state index contributed by atoms with van der Waals surface area (Å²) >= 11 is 0. The molecule has 0 fully saturated rings. The molecule has 0 aliphatic rings. The minimum absolute atomic E-state index is 0.160. The highest BCUT2D eigenvalue weighted by Crippen LogP contribution is 2.14. The van der Waals surface area contributed by atoms with Crippen LogP contribution in [-0.2, 0) is 9.59 Å². The van der Waals surface area contributed by atoms with Crippen molar-refractivity contribution in [3.63, 3.8) is 0 Å². The van der Waals surface area contributed by atoms with Gasteiger partial charge in [0.15, 0.2) is 0 Å². The summed E-state index contributed by atoms with van der Waals surface area (Å²) in [6.07, 6.45) is 35.7.